The number of benzene rings is 1. The Kier molecular flexibility index (Phi) is 6.74. The fourth-order valence-electron chi connectivity index (χ4n) is 6.02. The number of aromatic nitrogens is 3. The number of quaternary nitrogens is 1. The quantitative estimate of drug-likeness (QED) is 0.343. The van der Waals surface area contributed by atoms with Crippen LogP contribution in [0, 0.1) is 6.92 Å². The Labute approximate surface area is 236 Å². The Balaban J connectivity index is 1.60. The standard InChI is InChI=1S/C30H33F2N6O3/c1-4-25(39)36-12-6-5-7-22(18-36)37-27-23(8-9-24-26(27)30(31,32)19-35(3)13-16-41-24)34-29(37)38(14-15-38)28(40)21-10-11-33-20(2)17-21/h4,8-11,14-15,17,22H,1,5-7,12-13,16,18-19H2,2-3H3/q+1/t22-/m1/s1. The van der Waals surface area contributed by atoms with Crippen LogP contribution in [-0.4, -0.2) is 76.0 Å². The van der Waals surface area contributed by atoms with Crippen molar-refractivity contribution in [1.29, 1.82) is 0 Å². The summed E-state index contributed by atoms with van der Waals surface area (Å²) in [6.45, 7) is 6.41. The number of nitrogens with zero attached hydrogens (tertiary/aromatic N) is 6. The van der Waals surface area contributed by atoms with E-state index in [0.29, 0.717) is 42.2 Å². The predicted molar refractivity (Wildman–Crippen MR) is 151 cm³/mol. The molecule has 6 rings (SSSR count). The normalized spacial score (nSPS) is 21.8. The molecule has 3 aromatic rings. The molecule has 0 aliphatic carbocycles. The van der Waals surface area contributed by atoms with Crippen molar-refractivity contribution in [1.82, 2.24) is 28.8 Å². The van der Waals surface area contributed by atoms with Crippen LogP contribution in [0.5, 0.6) is 5.75 Å². The van der Waals surface area contributed by atoms with Gasteiger partial charge in [0.1, 0.15) is 12.4 Å². The summed E-state index contributed by atoms with van der Waals surface area (Å²) in [6, 6.07) is 6.17. The Bertz CT molecular complexity index is 1580. The number of hydrogen-bond donors (Lipinski definition) is 0. The van der Waals surface area contributed by atoms with Crippen molar-refractivity contribution in [2.75, 3.05) is 39.8 Å². The van der Waals surface area contributed by atoms with Gasteiger partial charge in [0.05, 0.1) is 34.7 Å². The number of carbonyl (C=O) groups excluding carboxylic acids is 2. The highest BCUT2D eigenvalue weighted by atomic mass is 19.3. The van der Waals surface area contributed by atoms with Gasteiger partial charge in [-0.2, -0.15) is 13.8 Å². The first-order chi connectivity index (χ1) is 19.6. The molecule has 2 aromatic heterocycles. The van der Waals surface area contributed by atoms with Crippen LogP contribution < -0.4 is 9.22 Å². The first-order valence-electron chi connectivity index (χ1n) is 13.9. The Morgan fingerprint density at radius 1 is 1.20 bits per heavy atom. The molecule has 3 aliphatic rings. The topological polar surface area (TPSA) is 80.6 Å². The number of halogens is 2. The molecule has 5 heterocycles. The molecule has 0 unspecified atom stereocenters. The zero-order valence-electron chi connectivity index (χ0n) is 23.2. The maximum absolute atomic E-state index is 16.2. The monoisotopic (exact) mass is 563 g/mol. The number of carbonyl (C=O) groups is 2. The van der Waals surface area contributed by atoms with Gasteiger partial charge < -0.3 is 9.64 Å². The van der Waals surface area contributed by atoms with E-state index in [0.717, 1.165) is 12.8 Å². The molecule has 41 heavy (non-hydrogen) atoms. The van der Waals surface area contributed by atoms with Crippen LogP contribution in [0.4, 0.5) is 14.7 Å². The van der Waals surface area contributed by atoms with Gasteiger partial charge in [0.15, 0.2) is 12.4 Å². The summed E-state index contributed by atoms with van der Waals surface area (Å²) in [5, 5.41) is 0. The van der Waals surface area contributed by atoms with E-state index >= 15 is 8.78 Å². The number of alkyl halides is 2. The third kappa shape index (κ3) is 4.72. The molecule has 1 fully saturated rings. The first kappa shape index (κ1) is 27.2. The highest BCUT2D eigenvalue weighted by molar-refractivity contribution is 6.07. The second kappa shape index (κ2) is 10.1. The molecule has 214 valence electrons. The molecule has 1 atom stereocenters. The highest BCUT2D eigenvalue weighted by Gasteiger charge is 2.53. The first-order valence-corrected chi connectivity index (χ1v) is 13.9. The lowest BCUT2D eigenvalue weighted by Gasteiger charge is -2.31. The number of ether oxygens (including phenoxy) is 1. The molecular formula is C30H33F2N6O3+. The SMILES string of the molecule is C=CC(=O)N1CCCC[C@@H](n2c([N+]3(C(=O)c4ccnc(C)c4)C=C3)nc3ccc4c(c32)C(F)(F)CN(C)CCO4)C1. The fraction of sp³-hybridized carbons (Fsp3) is 0.400. The van der Waals surface area contributed by atoms with E-state index in [-0.39, 0.29) is 46.3 Å². The summed E-state index contributed by atoms with van der Waals surface area (Å²) in [5.41, 5.74) is 1.48. The second-order valence-electron chi connectivity index (χ2n) is 11.1. The average molecular weight is 564 g/mol. The van der Waals surface area contributed by atoms with Gasteiger partial charge in [-0.15, -0.1) is 4.48 Å². The molecule has 0 spiro atoms. The van der Waals surface area contributed by atoms with Crippen LogP contribution >= 0.6 is 0 Å². The average Bonchev–Trinajstić information content (AvgIpc) is 3.70. The number of fused-ring (bicyclic) bond motifs is 3. The van der Waals surface area contributed by atoms with Crippen molar-refractivity contribution in [3.05, 3.63) is 72.3 Å². The second-order valence-corrected chi connectivity index (χ2v) is 11.1. The van der Waals surface area contributed by atoms with E-state index in [1.807, 2.05) is 0 Å². The minimum absolute atomic E-state index is 0.109. The van der Waals surface area contributed by atoms with E-state index in [1.54, 1.807) is 71.2 Å². The predicted octanol–water partition coefficient (Wildman–Crippen LogP) is 4.53. The molecule has 11 heteroatoms. The van der Waals surface area contributed by atoms with Crippen LogP contribution in [0.2, 0.25) is 0 Å². The molecule has 2 amide bonds. The summed E-state index contributed by atoms with van der Waals surface area (Å²) < 4.78 is 39.7. The van der Waals surface area contributed by atoms with Crippen molar-refractivity contribution in [3.63, 3.8) is 0 Å². The summed E-state index contributed by atoms with van der Waals surface area (Å²) >= 11 is 0. The molecule has 9 nitrogen and oxygen atoms in total. The molecule has 0 radical (unpaired) electrons. The van der Waals surface area contributed by atoms with Gasteiger partial charge in [-0.1, -0.05) is 6.58 Å². The van der Waals surface area contributed by atoms with E-state index in [4.69, 9.17) is 9.72 Å². The Morgan fingerprint density at radius 2 is 2.00 bits per heavy atom. The molecule has 0 bridgehead atoms. The number of hydrogen-bond acceptors (Lipinski definition) is 6. The number of likely N-dealkylation sites (N-methyl/N-ethyl adjacent to an activating group) is 1. The number of rotatable bonds is 4. The lowest BCUT2D eigenvalue weighted by Crippen LogP contribution is -2.40. The zero-order valence-corrected chi connectivity index (χ0v) is 23.2. The fourth-order valence-corrected chi connectivity index (χ4v) is 6.02. The van der Waals surface area contributed by atoms with Crippen molar-refractivity contribution < 1.29 is 23.1 Å². The summed E-state index contributed by atoms with van der Waals surface area (Å²) in [5.74, 6) is -3.31. The van der Waals surface area contributed by atoms with Gasteiger partial charge in [0, 0.05) is 31.5 Å². The minimum Gasteiger partial charge on any atom is -0.492 e. The lowest BCUT2D eigenvalue weighted by molar-refractivity contribution is -0.126. The Morgan fingerprint density at radius 3 is 2.73 bits per heavy atom. The molecule has 1 aromatic carbocycles. The van der Waals surface area contributed by atoms with Gasteiger partial charge in [0.25, 0.3) is 5.92 Å². The van der Waals surface area contributed by atoms with E-state index < -0.39 is 18.5 Å². The maximum atomic E-state index is 16.2. The van der Waals surface area contributed by atoms with Crippen LogP contribution in [-0.2, 0) is 10.7 Å². The van der Waals surface area contributed by atoms with Crippen LogP contribution in [0.1, 0.15) is 46.9 Å². The van der Waals surface area contributed by atoms with Gasteiger partial charge in [-0.05, 0) is 63.6 Å². The highest BCUT2D eigenvalue weighted by Crippen LogP contribution is 2.47. The summed E-state index contributed by atoms with van der Waals surface area (Å²) in [4.78, 5) is 39.1. The van der Waals surface area contributed by atoms with Crippen LogP contribution in [0.15, 0.2) is 55.5 Å². The zero-order chi connectivity index (χ0) is 28.9. The van der Waals surface area contributed by atoms with Crippen molar-refractivity contribution in [2.45, 2.75) is 38.2 Å². The van der Waals surface area contributed by atoms with Gasteiger partial charge in [-0.25, -0.2) is 4.79 Å². The summed E-state index contributed by atoms with van der Waals surface area (Å²) in [7, 11) is 1.64. The third-order valence-corrected chi connectivity index (χ3v) is 8.12. The van der Waals surface area contributed by atoms with Crippen molar-refractivity contribution in [3.8, 4) is 5.75 Å². The van der Waals surface area contributed by atoms with Gasteiger partial charge in [-0.3, -0.25) is 19.2 Å². The van der Waals surface area contributed by atoms with Crippen molar-refractivity contribution in [2.24, 2.45) is 0 Å². The molecular weight excluding hydrogens is 530 g/mol. The molecule has 0 saturated carbocycles. The number of aryl methyl sites for hydroxylation is 1. The van der Waals surface area contributed by atoms with Crippen LogP contribution in [0.3, 0.4) is 0 Å². The van der Waals surface area contributed by atoms with Gasteiger partial charge in [0.2, 0.25) is 5.91 Å². The van der Waals surface area contributed by atoms with E-state index in [1.165, 1.54) is 6.08 Å². The number of pyridine rings is 1. The molecule has 1 saturated heterocycles. The largest absolute Gasteiger partial charge is 0.492 e. The Hall–Kier alpha value is -3.96. The van der Waals surface area contributed by atoms with E-state index in [9.17, 15) is 9.59 Å². The molecule has 0 N–H and O–H groups in total. The lowest BCUT2D eigenvalue weighted by atomic mass is 10.0. The summed E-state index contributed by atoms with van der Waals surface area (Å²) in [6.07, 6.45) is 8.45. The number of amides is 2. The smallest absolute Gasteiger partial charge is 0.363 e. The number of likely N-dealkylation sites (tertiary alicyclic amines) is 1. The van der Waals surface area contributed by atoms with E-state index in [2.05, 4.69) is 11.6 Å². The molecule has 3 aliphatic heterocycles. The van der Waals surface area contributed by atoms with Crippen LogP contribution in [0.25, 0.3) is 11.0 Å². The number of imidazole rings is 1. The third-order valence-electron chi connectivity index (χ3n) is 8.12. The van der Waals surface area contributed by atoms with Gasteiger partial charge >= 0.3 is 11.9 Å². The minimum atomic E-state index is -3.26. The van der Waals surface area contributed by atoms with Crippen molar-refractivity contribution >= 4 is 28.8 Å². The maximum Gasteiger partial charge on any atom is 0.363 e.